The zero-order valence-corrected chi connectivity index (χ0v) is 14.6. The summed E-state index contributed by atoms with van der Waals surface area (Å²) in [5.74, 6) is 0. The van der Waals surface area contributed by atoms with Crippen molar-refractivity contribution >= 4 is 16.2 Å². The van der Waals surface area contributed by atoms with Gasteiger partial charge in [-0.3, -0.25) is 0 Å². The molecule has 2 heteroatoms. The predicted octanol–water partition coefficient (Wildman–Crippen LogP) is 4.57. The molecule has 1 heterocycles. The van der Waals surface area contributed by atoms with Crippen molar-refractivity contribution in [3.05, 3.63) is 0 Å². The second-order valence-corrected chi connectivity index (χ2v) is 13.1. The molecule has 0 bridgehead atoms. The van der Waals surface area contributed by atoms with E-state index in [0.717, 1.165) is 0 Å². The van der Waals surface area contributed by atoms with Crippen LogP contribution in [0.2, 0.25) is 14.9 Å². The van der Waals surface area contributed by atoms with E-state index >= 15 is 0 Å². The van der Waals surface area contributed by atoms with Gasteiger partial charge in [0.1, 0.15) is 0 Å². The molecule has 1 fully saturated rings. The summed E-state index contributed by atoms with van der Waals surface area (Å²) in [5, 5.41) is 0. The van der Waals surface area contributed by atoms with Crippen LogP contribution in [0.1, 0.15) is 58.8 Å². The van der Waals surface area contributed by atoms with Gasteiger partial charge in [0.25, 0.3) is 0 Å². The normalized spacial score (nSPS) is 16.1. The zero-order valence-electron chi connectivity index (χ0n) is 12.2. The van der Waals surface area contributed by atoms with Crippen molar-refractivity contribution in [2.45, 2.75) is 73.7 Å². The maximum atomic E-state index is 2.74. The third-order valence-corrected chi connectivity index (χ3v) is 11.9. The summed E-state index contributed by atoms with van der Waals surface area (Å²) in [7, 11) is 0. The molecular formula is C15H32GaN. The van der Waals surface area contributed by atoms with Crippen molar-refractivity contribution in [1.29, 1.82) is 0 Å². The summed E-state index contributed by atoms with van der Waals surface area (Å²) < 4.78 is 0. The zero-order chi connectivity index (χ0) is 12.3. The molecule has 1 nitrogen and oxygen atoms in total. The minimum absolute atomic E-state index is 0.676. The number of nitrogens with zero attached hydrogens (tertiary/aromatic N) is 1. The van der Waals surface area contributed by atoms with Gasteiger partial charge in [0.2, 0.25) is 0 Å². The molecule has 0 atom stereocenters. The summed E-state index contributed by atoms with van der Waals surface area (Å²) in [6.45, 7) is 8.74. The average Bonchev–Trinajstić information content (AvgIpc) is 2.85. The van der Waals surface area contributed by atoms with Crippen LogP contribution in [0.4, 0.5) is 0 Å². The summed E-state index contributed by atoms with van der Waals surface area (Å²) in [6.07, 6.45) is 10.2. The molecule has 0 spiro atoms. The van der Waals surface area contributed by atoms with Crippen molar-refractivity contribution < 1.29 is 0 Å². The molecule has 0 aliphatic carbocycles. The van der Waals surface area contributed by atoms with Gasteiger partial charge >= 0.3 is 114 Å². The van der Waals surface area contributed by atoms with Crippen molar-refractivity contribution in [1.82, 2.24) is 4.90 Å². The summed E-state index contributed by atoms with van der Waals surface area (Å²) in [5.41, 5.74) is 0. The predicted molar refractivity (Wildman–Crippen MR) is 80.3 cm³/mol. The second kappa shape index (κ2) is 10.5. The molecule has 1 aliphatic heterocycles. The summed E-state index contributed by atoms with van der Waals surface area (Å²) >= 11 is -0.676. The molecule has 0 amide bonds. The van der Waals surface area contributed by atoms with Gasteiger partial charge in [-0.05, 0) is 0 Å². The fourth-order valence-corrected chi connectivity index (χ4v) is 10.0. The number of unbranched alkanes of at least 4 members (excludes halogenated alkanes) is 2. The van der Waals surface area contributed by atoms with E-state index in [-0.39, 0.29) is 0 Å². The Morgan fingerprint density at radius 3 is 1.88 bits per heavy atom. The Labute approximate surface area is 114 Å². The number of rotatable bonds is 10. The van der Waals surface area contributed by atoms with Crippen LogP contribution < -0.4 is 0 Å². The van der Waals surface area contributed by atoms with Crippen LogP contribution >= 0.6 is 0 Å². The van der Waals surface area contributed by atoms with Gasteiger partial charge in [0.05, 0.1) is 0 Å². The van der Waals surface area contributed by atoms with E-state index in [0.29, 0.717) is 0 Å². The SMILES string of the molecule is CCCCN(CCCC)CC[CH2][Ga]1[CH2]CC[CH2]1. The first kappa shape index (κ1) is 15.7. The standard InChI is InChI=1S/C11H24N.C4H8.Ga/c1-4-7-10-12(9-6-3)11-8-5-2;1-3-4-2;/h3-11H2,1-2H3;1-4H2;. The third-order valence-electron chi connectivity index (χ3n) is 4.22. The Morgan fingerprint density at radius 2 is 1.35 bits per heavy atom. The molecule has 0 aromatic rings. The van der Waals surface area contributed by atoms with E-state index in [1.54, 1.807) is 27.8 Å². The van der Waals surface area contributed by atoms with Crippen molar-refractivity contribution in [2.24, 2.45) is 0 Å². The molecule has 17 heavy (non-hydrogen) atoms. The topological polar surface area (TPSA) is 3.24 Å². The molecule has 0 N–H and O–H groups in total. The summed E-state index contributed by atoms with van der Waals surface area (Å²) in [4.78, 5) is 7.83. The first-order chi connectivity index (χ1) is 8.36. The van der Waals surface area contributed by atoms with Crippen LogP contribution in [0.25, 0.3) is 0 Å². The second-order valence-electron chi connectivity index (χ2n) is 5.84. The Hall–Kier alpha value is 0.596. The Morgan fingerprint density at radius 1 is 0.824 bits per heavy atom. The molecular weight excluding hydrogens is 264 g/mol. The van der Waals surface area contributed by atoms with Crippen LogP contribution in [0.3, 0.4) is 0 Å². The van der Waals surface area contributed by atoms with Crippen LogP contribution in [0.15, 0.2) is 0 Å². The van der Waals surface area contributed by atoms with E-state index in [9.17, 15) is 0 Å². The van der Waals surface area contributed by atoms with Gasteiger partial charge in [-0.2, -0.15) is 0 Å². The van der Waals surface area contributed by atoms with Gasteiger partial charge in [0, 0.05) is 0 Å². The Kier molecular flexibility index (Phi) is 9.68. The molecule has 1 aliphatic rings. The van der Waals surface area contributed by atoms with Crippen LogP contribution in [-0.2, 0) is 0 Å². The molecule has 1 rings (SSSR count). The molecule has 0 saturated carbocycles. The maximum absolute atomic E-state index is 2.74. The van der Waals surface area contributed by atoms with Crippen LogP contribution in [0, 0.1) is 0 Å². The molecule has 100 valence electrons. The van der Waals surface area contributed by atoms with Gasteiger partial charge in [-0.15, -0.1) is 0 Å². The number of hydrogen-bond donors (Lipinski definition) is 0. The van der Waals surface area contributed by atoms with E-state index in [1.165, 1.54) is 51.7 Å². The third kappa shape index (κ3) is 7.58. The quantitative estimate of drug-likeness (QED) is 0.534. The van der Waals surface area contributed by atoms with Crippen molar-refractivity contribution in [3.8, 4) is 0 Å². The summed E-state index contributed by atoms with van der Waals surface area (Å²) in [6, 6.07) is 0. The molecule has 0 aromatic heterocycles. The molecule has 0 unspecified atom stereocenters. The van der Waals surface area contributed by atoms with Gasteiger partial charge in [0.15, 0.2) is 0 Å². The number of hydrogen-bond acceptors (Lipinski definition) is 1. The van der Waals surface area contributed by atoms with Gasteiger partial charge in [-0.25, -0.2) is 0 Å². The Balaban J connectivity index is 2.08. The van der Waals surface area contributed by atoms with E-state index in [4.69, 9.17) is 0 Å². The van der Waals surface area contributed by atoms with Crippen molar-refractivity contribution in [3.63, 3.8) is 0 Å². The van der Waals surface area contributed by atoms with Crippen LogP contribution in [0.5, 0.6) is 0 Å². The fraction of sp³-hybridized carbons (Fsp3) is 1.00. The first-order valence-corrected chi connectivity index (χ1v) is 13.2. The van der Waals surface area contributed by atoms with E-state index in [2.05, 4.69) is 18.7 Å². The van der Waals surface area contributed by atoms with E-state index < -0.39 is 16.2 Å². The molecule has 1 saturated heterocycles. The fourth-order valence-electron chi connectivity index (χ4n) is 3.00. The van der Waals surface area contributed by atoms with Gasteiger partial charge in [-0.1, -0.05) is 0 Å². The van der Waals surface area contributed by atoms with E-state index in [1.807, 2.05) is 0 Å². The average molecular weight is 296 g/mol. The monoisotopic (exact) mass is 295 g/mol. The van der Waals surface area contributed by atoms with Gasteiger partial charge < -0.3 is 0 Å². The molecule has 0 radical (unpaired) electrons. The Bertz CT molecular complexity index is 158. The molecule has 0 aromatic carbocycles. The van der Waals surface area contributed by atoms with Crippen LogP contribution in [-0.4, -0.2) is 40.8 Å². The first-order valence-electron chi connectivity index (χ1n) is 8.09. The minimum atomic E-state index is -0.676. The van der Waals surface area contributed by atoms with Crippen molar-refractivity contribution in [2.75, 3.05) is 19.6 Å².